The third-order valence-corrected chi connectivity index (χ3v) is 3.90. The Kier molecular flexibility index (Phi) is 4.95. The van der Waals surface area contributed by atoms with Crippen LogP contribution in [0.15, 0.2) is 30.3 Å². The number of ketones is 1. The average Bonchev–Trinajstić information content (AvgIpc) is 2.41. The fourth-order valence-electron chi connectivity index (χ4n) is 2.84. The highest BCUT2D eigenvalue weighted by atomic mass is 16.7. The van der Waals surface area contributed by atoms with E-state index >= 15 is 0 Å². The molecule has 20 heavy (non-hydrogen) atoms. The Bertz CT molecular complexity index is 441. The van der Waals surface area contributed by atoms with Gasteiger partial charge in [0.1, 0.15) is 5.78 Å². The lowest BCUT2D eigenvalue weighted by Crippen LogP contribution is -2.44. The van der Waals surface area contributed by atoms with Crippen LogP contribution >= 0.6 is 0 Å². The van der Waals surface area contributed by atoms with Crippen molar-refractivity contribution in [3.05, 3.63) is 35.9 Å². The van der Waals surface area contributed by atoms with Crippen molar-refractivity contribution in [1.29, 1.82) is 0 Å². The van der Waals surface area contributed by atoms with Gasteiger partial charge >= 0.3 is 0 Å². The van der Waals surface area contributed by atoms with Crippen LogP contribution in [0, 0.1) is 11.8 Å². The van der Waals surface area contributed by atoms with Gasteiger partial charge in [0, 0.05) is 17.9 Å². The number of Topliss-reactive ketones (excluding diaryl/α,β-unsaturated/α-hetero) is 1. The number of hydrogen-bond donors (Lipinski definition) is 0. The predicted molar refractivity (Wildman–Crippen MR) is 78.2 cm³/mol. The molecule has 0 aromatic heterocycles. The maximum Gasteiger partial charge on any atom is 0.184 e. The van der Waals surface area contributed by atoms with Crippen LogP contribution in [0.2, 0.25) is 0 Å². The van der Waals surface area contributed by atoms with Gasteiger partial charge in [-0.3, -0.25) is 4.79 Å². The van der Waals surface area contributed by atoms with E-state index in [-0.39, 0.29) is 30.2 Å². The Morgan fingerprint density at radius 3 is 2.40 bits per heavy atom. The molecule has 1 fully saturated rings. The summed E-state index contributed by atoms with van der Waals surface area (Å²) >= 11 is 0. The number of rotatable bonds is 4. The molecule has 1 heterocycles. The molecule has 0 amide bonds. The van der Waals surface area contributed by atoms with Gasteiger partial charge in [0.25, 0.3) is 0 Å². The predicted octanol–water partition coefficient (Wildman–Crippen LogP) is 3.74. The summed E-state index contributed by atoms with van der Waals surface area (Å²) in [5.74, 6) is 0.784. The monoisotopic (exact) mass is 276 g/mol. The highest BCUT2D eigenvalue weighted by molar-refractivity contribution is 5.76. The largest absolute Gasteiger partial charge is 0.344 e. The van der Waals surface area contributed by atoms with Gasteiger partial charge in [0.05, 0.1) is 12.2 Å². The maximum atomic E-state index is 11.5. The minimum Gasteiger partial charge on any atom is -0.344 e. The Morgan fingerprint density at radius 1 is 1.20 bits per heavy atom. The Labute approximate surface area is 121 Å². The summed E-state index contributed by atoms with van der Waals surface area (Å²) in [6, 6.07) is 9.93. The molecule has 1 aliphatic heterocycles. The standard InChI is InChI=1S/C17H24O3/c1-11(2)16-13(4)15(10-12(3)18)19-17(20-16)14-8-6-5-7-9-14/h5-9,11,13,15-17H,10H2,1-4H3/t13-,15+,16-,17+/m0/s1. The van der Waals surface area contributed by atoms with E-state index in [4.69, 9.17) is 9.47 Å². The van der Waals surface area contributed by atoms with Crippen LogP contribution in [0.25, 0.3) is 0 Å². The van der Waals surface area contributed by atoms with Crippen LogP contribution in [0.1, 0.15) is 46.0 Å². The molecule has 0 unspecified atom stereocenters. The molecular formula is C17H24O3. The minimum atomic E-state index is -0.371. The molecule has 1 saturated heterocycles. The lowest BCUT2D eigenvalue weighted by molar-refractivity contribution is -0.279. The van der Waals surface area contributed by atoms with E-state index in [1.807, 2.05) is 30.3 Å². The van der Waals surface area contributed by atoms with E-state index in [1.54, 1.807) is 6.92 Å². The number of benzene rings is 1. The zero-order valence-corrected chi connectivity index (χ0v) is 12.7. The molecule has 0 bridgehead atoms. The Hall–Kier alpha value is -1.19. The van der Waals surface area contributed by atoms with Crippen molar-refractivity contribution in [3.63, 3.8) is 0 Å². The Balaban J connectivity index is 2.20. The lowest BCUT2D eigenvalue weighted by atomic mass is 9.87. The second-order valence-electron chi connectivity index (χ2n) is 6.03. The number of carbonyl (C=O) groups is 1. The first-order valence-corrected chi connectivity index (χ1v) is 7.34. The molecule has 0 aliphatic carbocycles. The molecule has 110 valence electrons. The summed E-state index contributed by atoms with van der Waals surface area (Å²) in [5, 5.41) is 0. The summed E-state index contributed by atoms with van der Waals surface area (Å²) in [4.78, 5) is 11.5. The normalized spacial score (nSPS) is 30.4. The molecule has 1 aromatic carbocycles. The number of ether oxygens (including phenoxy) is 2. The molecule has 1 aromatic rings. The molecule has 3 nitrogen and oxygen atoms in total. The molecule has 0 spiro atoms. The Morgan fingerprint density at radius 2 is 1.85 bits per heavy atom. The summed E-state index contributed by atoms with van der Waals surface area (Å²) in [6.45, 7) is 8.03. The van der Waals surface area contributed by atoms with Crippen molar-refractivity contribution in [1.82, 2.24) is 0 Å². The van der Waals surface area contributed by atoms with Crippen LogP contribution < -0.4 is 0 Å². The second-order valence-corrected chi connectivity index (χ2v) is 6.03. The fourth-order valence-corrected chi connectivity index (χ4v) is 2.84. The van der Waals surface area contributed by atoms with Crippen molar-refractivity contribution in [3.8, 4) is 0 Å². The molecule has 2 rings (SSSR count). The van der Waals surface area contributed by atoms with Gasteiger partial charge in [-0.15, -0.1) is 0 Å². The van der Waals surface area contributed by atoms with E-state index in [9.17, 15) is 4.79 Å². The van der Waals surface area contributed by atoms with Crippen molar-refractivity contribution in [2.24, 2.45) is 11.8 Å². The van der Waals surface area contributed by atoms with Crippen LogP contribution in [0.3, 0.4) is 0 Å². The summed E-state index contributed by atoms with van der Waals surface area (Å²) in [6.07, 6.45) is 0.123. The second kappa shape index (κ2) is 6.51. The molecular weight excluding hydrogens is 252 g/mol. The number of carbonyl (C=O) groups excluding carboxylic acids is 1. The summed E-state index contributed by atoms with van der Waals surface area (Å²) in [7, 11) is 0. The smallest absolute Gasteiger partial charge is 0.184 e. The van der Waals surface area contributed by atoms with Crippen molar-refractivity contribution in [2.45, 2.75) is 52.6 Å². The summed E-state index contributed by atoms with van der Waals surface area (Å²) < 4.78 is 12.2. The van der Waals surface area contributed by atoms with Crippen molar-refractivity contribution >= 4 is 5.78 Å². The van der Waals surface area contributed by atoms with Gasteiger partial charge in [0.15, 0.2) is 6.29 Å². The van der Waals surface area contributed by atoms with E-state index in [1.165, 1.54) is 0 Å². The van der Waals surface area contributed by atoms with Crippen LogP contribution in [-0.2, 0) is 14.3 Å². The van der Waals surface area contributed by atoms with E-state index in [0.29, 0.717) is 12.3 Å². The topological polar surface area (TPSA) is 35.5 Å². The summed E-state index contributed by atoms with van der Waals surface area (Å²) in [5.41, 5.74) is 1.01. The first-order valence-electron chi connectivity index (χ1n) is 7.34. The van der Waals surface area contributed by atoms with Gasteiger partial charge in [0.2, 0.25) is 0 Å². The van der Waals surface area contributed by atoms with E-state index < -0.39 is 0 Å². The fraction of sp³-hybridized carbons (Fsp3) is 0.588. The highest BCUT2D eigenvalue weighted by Gasteiger charge is 2.39. The molecule has 0 radical (unpaired) electrons. The third kappa shape index (κ3) is 3.47. The van der Waals surface area contributed by atoms with E-state index in [2.05, 4.69) is 20.8 Å². The van der Waals surface area contributed by atoms with Crippen molar-refractivity contribution < 1.29 is 14.3 Å². The average molecular weight is 276 g/mol. The van der Waals surface area contributed by atoms with Gasteiger partial charge < -0.3 is 9.47 Å². The third-order valence-electron chi connectivity index (χ3n) is 3.90. The molecule has 3 heteroatoms. The van der Waals surface area contributed by atoms with Crippen LogP contribution in [-0.4, -0.2) is 18.0 Å². The molecule has 0 saturated carbocycles. The van der Waals surface area contributed by atoms with Gasteiger partial charge in [-0.25, -0.2) is 0 Å². The number of hydrogen-bond acceptors (Lipinski definition) is 3. The van der Waals surface area contributed by atoms with Crippen molar-refractivity contribution in [2.75, 3.05) is 0 Å². The van der Waals surface area contributed by atoms with Gasteiger partial charge in [-0.2, -0.15) is 0 Å². The first kappa shape index (κ1) is 15.2. The van der Waals surface area contributed by atoms with Gasteiger partial charge in [-0.1, -0.05) is 51.1 Å². The SMILES string of the molecule is CC(=O)C[C@H]1O[C@@H](c2ccccc2)O[C@@H](C(C)C)[C@H]1C. The molecule has 4 atom stereocenters. The molecule has 1 aliphatic rings. The van der Waals surface area contributed by atoms with Crippen LogP contribution in [0.5, 0.6) is 0 Å². The zero-order valence-electron chi connectivity index (χ0n) is 12.7. The first-order chi connectivity index (χ1) is 9.49. The maximum absolute atomic E-state index is 11.5. The zero-order chi connectivity index (χ0) is 14.7. The van der Waals surface area contributed by atoms with Crippen LogP contribution in [0.4, 0.5) is 0 Å². The quantitative estimate of drug-likeness (QED) is 0.840. The minimum absolute atomic E-state index is 0.0705. The van der Waals surface area contributed by atoms with E-state index in [0.717, 1.165) is 5.56 Å². The highest BCUT2D eigenvalue weighted by Crippen LogP contribution is 2.37. The lowest BCUT2D eigenvalue weighted by Gasteiger charge is -2.42. The molecule has 0 N–H and O–H groups in total. The van der Waals surface area contributed by atoms with Gasteiger partial charge in [-0.05, 0) is 12.8 Å².